The Morgan fingerprint density at radius 2 is 1.96 bits per heavy atom. The molecule has 1 fully saturated rings. The fourth-order valence-electron chi connectivity index (χ4n) is 3.02. The molecule has 0 radical (unpaired) electrons. The van der Waals surface area contributed by atoms with Gasteiger partial charge in [-0.25, -0.2) is 0 Å². The molecule has 146 valence electrons. The lowest BCUT2D eigenvalue weighted by molar-refractivity contribution is 0.122. The van der Waals surface area contributed by atoms with Gasteiger partial charge in [-0.15, -0.1) is 0 Å². The summed E-state index contributed by atoms with van der Waals surface area (Å²) in [5, 5.41) is 4.16. The Morgan fingerprint density at radius 3 is 2.63 bits per heavy atom. The Labute approximate surface area is 173 Å². The minimum atomic E-state index is 0.592. The van der Waals surface area contributed by atoms with Gasteiger partial charge >= 0.3 is 0 Å². The lowest BCUT2D eigenvalue weighted by atomic mass is 10.2. The molecule has 0 unspecified atom stereocenters. The third-order valence-corrected chi connectivity index (χ3v) is 5.46. The molecule has 0 spiro atoms. The van der Waals surface area contributed by atoms with Crippen LogP contribution in [0.1, 0.15) is 12.5 Å². The van der Waals surface area contributed by atoms with E-state index in [0.29, 0.717) is 13.2 Å². The van der Waals surface area contributed by atoms with E-state index >= 15 is 0 Å². The molecule has 0 atom stereocenters. The average Bonchev–Trinajstić information content (AvgIpc) is 2.68. The van der Waals surface area contributed by atoms with Crippen molar-refractivity contribution in [1.82, 2.24) is 0 Å². The van der Waals surface area contributed by atoms with E-state index in [0.717, 1.165) is 64.2 Å². The summed E-state index contributed by atoms with van der Waals surface area (Å²) in [6.07, 6.45) is 0. The van der Waals surface area contributed by atoms with Gasteiger partial charge in [0.1, 0.15) is 0 Å². The number of hydrogen-bond acceptors (Lipinski definition) is 5. The molecule has 1 aliphatic heterocycles. The molecule has 5 nitrogen and oxygen atoms in total. The number of halogens is 2. The van der Waals surface area contributed by atoms with Crippen LogP contribution in [-0.2, 0) is 11.3 Å². The maximum atomic E-state index is 6.51. The number of anilines is 2. The van der Waals surface area contributed by atoms with Gasteiger partial charge in [0.15, 0.2) is 11.5 Å². The number of hydrogen-bond donors (Lipinski definition) is 1. The molecule has 1 aliphatic rings. The summed E-state index contributed by atoms with van der Waals surface area (Å²) in [4.78, 5) is 2.25. The number of nitrogens with one attached hydrogen (secondary N) is 1. The van der Waals surface area contributed by atoms with E-state index in [4.69, 9.17) is 25.8 Å². The second kappa shape index (κ2) is 9.53. The van der Waals surface area contributed by atoms with E-state index in [1.165, 1.54) is 0 Å². The van der Waals surface area contributed by atoms with Gasteiger partial charge in [-0.2, -0.15) is 0 Å². The van der Waals surface area contributed by atoms with Crippen molar-refractivity contribution in [3.63, 3.8) is 0 Å². The molecule has 0 amide bonds. The molecule has 0 bridgehead atoms. The highest BCUT2D eigenvalue weighted by molar-refractivity contribution is 9.10. The lowest BCUT2D eigenvalue weighted by Crippen LogP contribution is -2.36. The molecule has 2 aromatic carbocycles. The van der Waals surface area contributed by atoms with Gasteiger partial charge in [0.2, 0.25) is 0 Å². The van der Waals surface area contributed by atoms with Gasteiger partial charge in [0.05, 0.1) is 37.6 Å². The first-order valence-corrected chi connectivity index (χ1v) is 10.1. The van der Waals surface area contributed by atoms with Gasteiger partial charge < -0.3 is 24.4 Å². The molecule has 1 heterocycles. The minimum Gasteiger partial charge on any atom is -0.493 e. The van der Waals surface area contributed by atoms with Gasteiger partial charge in [-0.3, -0.25) is 0 Å². The second-order valence-corrected chi connectivity index (χ2v) is 7.41. The molecule has 7 heteroatoms. The molecule has 0 aromatic heterocycles. The van der Waals surface area contributed by atoms with Crippen molar-refractivity contribution in [1.29, 1.82) is 0 Å². The Kier molecular flexibility index (Phi) is 7.10. The lowest BCUT2D eigenvalue weighted by Gasteiger charge is -2.29. The summed E-state index contributed by atoms with van der Waals surface area (Å²) in [6, 6.07) is 9.99. The fraction of sp³-hybridized carbons (Fsp3) is 0.400. The van der Waals surface area contributed by atoms with Crippen molar-refractivity contribution in [2.45, 2.75) is 13.5 Å². The van der Waals surface area contributed by atoms with E-state index in [1.807, 2.05) is 25.1 Å². The third-order valence-electron chi connectivity index (χ3n) is 4.41. The van der Waals surface area contributed by atoms with Gasteiger partial charge in [0.25, 0.3) is 0 Å². The molecular formula is C20H24BrClN2O3. The number of benzene rings is 2. The summed E-state index contributed by atoms with van der Waals surface area (Å²) in [5.41, 5.74) is 3.09. The van der Waals surface area contributed by atoms with Crippen molar-refractivity contribution in [3.05, 3.63) is 45.4 Å². The average molecular weight is 456 g/mol. The van der Waals surface area contributed by atoms with Crippen molar-refractivity contribution in [3.8, 4) is 11.5 Å². The van der Waals surface area contributed by atoms with Crippen LogP contribution in [0.5, 0.6) is 11.5 Å². The molecule has 1 N–H and O–H groups in total. The van der Waals surface area contributed by atoms with Crippen LogP contribution < -0.4 is 19.7 Å². The highest BCUT2D eigenvalue weighted by atomic mass is 79.9. The smallest absolute Gasteiger partial charge is 0.162 e. The van der Waals surface area contributed by atoms with Crippen molar-refractivity contribution in [2.75, 3.05) is 50.2 Å². The van der Waals surface area contributed by atoms with Gasteiger partial charge in [-0.05, 0) is 42.8 Å². The number of ether oxygens (including phenoxy) is 3. The zero-order chi connectivity index (χ0) is 19.2. The monoisotopic (exact) mass is 454 g/mol. The summed E-state index contributed by atoms with van der Waals surface area (Å²) in [6.45, 7) is 6.39. The van der Waals surface area contributed by atoms with Crippen LogP contribution in [0.4, 0.5) is 11.4 Å². The largest absolute Gasteiger partial charge is 0.493 e. The van der Waals surface area contributed by atoms with Crippen LogP contribution in [0, 0.1) is 0 Å². The SMILES string of the molecule is CCOc1cc(Br)c(CNc2ccc(N3CCOCC3)c(Cl)c2)cc1OC. The van der Waals surface area contributed by atoms with Crippen molar-refractivity contribution in [2.24, 2.45) is 0 Å². The summed E-state index contributed by atoms with van der Waals surface area (Å²) >= 11 is 10.1. The Morgan fingerprint density at radius 1 is 1.19 bits per heavy atom. The maximum absolute atomic E-state index is 6.51. The zero-order valence-electron chi connectivity index (χ0n) is 15.6. The topological polar surface area (TPSA) is 43.0 Å². The van der Waals surface area contributed by atoms with E-state index in [1.54, 1.807) is 7.11 Å². The first kappa shape index (κ1) is 20.1. The quantitative estimate of drug-likeness (QED) is 0.639. The van der Waals surface area contributed by atoms with Gasteiger partial charge in [-0.1, -0.05) is 27.5 Å². The number of methoxy groups -OCH3 is 1. The second-order valence-electron chi connectivity index (χ2n) is 6.15. The Bertz CT molecular complexity index is 782. The third kappa shape index (κ3) is 5.00. The highest BCUT2D eigenvalue weighted by Gasteiger charge is 2.15. The van der Waals surface area contributed by atoms with Crippen LogP contribution in [0.3, 0.4) is 0 Å². The van der Waals surface area contributed by atoms with Crippen LogP contribution in [-0.4, -0.2) is 40.0 Å². The van der Waals surface area contributed by atoms with Crippen LogP contribution >= 0.6 is 27.5 Å². The molecule has 3 rings (SSSR count). The molecule has 1 saturated heterocycles. The summed E-state index contributed by atoms with van der Waals surface area (Å²) < 4.78 is 17.4. The predicted molar refractivity (Wildman–Crippen MR) is 114 cm³/mol. The first-order valence-electron chi connectivity index (χ1n) is 8.97. The molecular weight excluding hydrogens is 432 g/mol. The normalized spacial score (nSPS) is 14.1. The minimum absolute atomic E-state index is 0.592. The van der Waals surface area contributed by atoms with Crippen molar-refractivity contribution >= 4 is 38.9 Å². The number of morpholine rings is 1. The van der Waals surface area contributed by atoms with E-state index in [9.17, 15) is 0 Å². The van der Waals surface area contributed by atoms with E-state index < -0.39 is 0 Å². The molecule has 2 aromatic rings. The highest BCUT2D eigenvalue weighted by Crippen LogP contribution is 2.34. The first-order chi connectivity index (χ1) is 13.1. The van der Waals surface area contributed by atoms with E-state index in [2.05, 4.69) is 38.3 Å². The van der Waals surface area contributed by atoms with Crippen LogP contribution in [0.25, 0.3) is 0 Å². The maximum Gasteiger partial charge on any atom is 0.162 e. The van der Waals surface area contributed by atoms with Crippen LogP contribution in [0.2, 0.25) is 5.02 Å². The standard InChI is InChI=1S/C20H24BrClN2O3/c1-3-27-20-12-16(21)14(10-19(20)25-2)13-23-15-4-5-18(17(22)11-15)24-6-8-26-9-7-24/h4-5,10-12,23H,3,6-9,13H2,1-2H3. The number of nitrogens with zero attached hydrogens (tertiary/aromatic N) is 1. The van der Waals surface area contributed by atoms with Crippen molar-refractivity contribution < 1.29 is 14.2 Å². The molecule has 0 saturated carbocycles. The Balaban J connectivity index is 1.70. The van der Waals surface area contributed by atoms with Crippen LogP contribution in [0.15, 0.2) is 34.8 Å². The summed E-state index contributed by atoms with van der Waals surface area (Å²) in [5.74, 6) is 1.45. The van der Waals surface area contributed by atoms with Gasteiger partial charge in [0, 0.05) is 29.8 Å². The fourth-order valence-corrected chi connectivity index (χ4v) is 3.78. The number of rotatable bonds is 7. The zero-order valence-corrected chi connectivity index (χ0v) is 17.9. The Hall–Kier alpha value is -1.63. The summed E-state index contributed by atoms with van der Waals surface area (Å²) in [7, 11) is 1.65. The molecule has 0 aliphatic carbocycles. The van der Waals surface area contributed by atoms with E-state index in [-0.39, 0.29) is 0 Å². The molecule has 27 heavy (non-hydrogen) atoms. The predicted octanol–water partition coefficient (Wildman–Crippen LogP) is 4.96.